The molecule has 2 aliphatic heterocycles. The zero-order chi connectivity index (χ0) is 13.9. The molecule has 3 atom stereocenters. The Labute approximate surface area is 122 Å². The van der Waals surface area contributed by atoms with Gasteiger partial charge in [-0.05, 0) is 17.9 Å². The van der Waals surface area contributed by atoms with Crippen LogP contribution in [0.5, 0.6) is 0 Å². The van der Waals surface area contributed by atoms with E-state index < -0.39 is 0 Å². The molecule has 1 aromatic rings. The van der Waals surface area contributed by atoms with E-state index in [0.29, 0.717) is 24.0 Å². The van der Waals surface area contributed by atoms with E-state index in [2.05, 4.69) is 54.4 Å². The molecule has 2 fully saturated rings. The van der Waals surface area contributed by atoms with Crippen LogP contribution in [0, 0.1) is 5.92 Å². The molecule has 2 aliphatic rings. The van der Waals surface area contributed by atoms with Crippen LogP contribution in [0.1, 0.15) is 31.9 Å². The third-order valence-electron chi connectivity index (χ3n) is 4.74. The Kier molecular flexibility index (Phi) is 4.39. The minimum atomic E-state index is 0.451. The highest BCUT2D eigenvalue weighted by molar-refractivity contribution is 5.20. The summed E-state index contributed by atoms with van der Waals surface area (Å²) in [5.41, 5.74) is 1.40. The van der Waals surface area contributed by atoms with Crippen molar-refractivity contribution in [2.75, 3.05) is 26.3 Å². The molecule has 3 unspecified atom stereocenters. The van der Waals surface area contributed by atoms with Crippen molar-refractivity contribution in [3.05, 3.63) is 35.9 Å². The largest absolute Gasteiger partial charge is 0.380 e. The molecule has 110 valence electrons. The van der Waals surface area contributed by atoms with Gasteiger partial charge in [-0.15, -0.1) is 0 Å². The van der Waals surface area contributed by atoms with E-state index in [1.807, 2.05) is 0 Å². The molecule has 0 bridgehead atoms. The minimum absolute atomic E-state index is 0.451. The highest BCUT2D eigenvalue weighted by Gasteiger charge is 2.36. The molecule has 1 N–H and O–H groups in total. The van der Waals surface area contributed by atoms with Gasteiger partial charge in [0.15, 0.2) is 0 Å². The Balaban J connectivity index is 1.75. The van der Waals surface area contributed by atoms with Crippen molar-refractivity contribution in [1.29, 1.82) is 0 Å². The van der Waals surface area contributed by atoms with Crippen molar-refractivity contribution in [1.82, 2.24) is 10.2 Å². The maximum Gasteiger partial charge on any atom is 0.0622 e. The third-order valence-corrected chi connectivity index (χ3v) is 4.74. The first-order valence-corrected chi connectivity index (χ1v) is 7.87. The predicted octanol–water partition coefficient (Wildman–Crippen LogP) is 2.45. The van der Waals surface area contributed by atoms with Crippen LogP contribution in [0.2, 0.25) is 0 Å². The normalized spacial score (nSPS) is 31.9. The Morgan fingerprint density at radius 3 is 2.70 bits per heavy atom. The number of nitrogens with one attached hydrogen (secondary N) is 1. The highest BCUT2D eigenvalue weighted by atomic mass is 16.5. The second-order valence-electron chi connectivity index (χ2n) is 6.40. The van der Waals surface area contributed by atoms with E-state index in [1.54, 1.807) is 0 Å². The van der Waals surface area contributed by atoms with Crippen molar-refractivity contribution < 1.29 is 4.74 Å². The van der Waals surface area contributed by atoms with Crippen LogP contribution in [0.4, 0.5) is 0 Å². The van der Waals surface area contributed by atoms with Crippen LogP contribution >= 0.6 is 0 Å². The zero-order valence-corrected chi connectivity index (χ0v) is 12.6. The SMILES string of the molecule is CC(C)C1CNC(c2ccccc2)CN1C1CCOC1. The molecule has 1 aromatic carbocycles. The Morgan fingerprint density at radius 1 is 1.25 bits per heavy atom. The lowest BCUT2D eigenvalue weighted by molar-refractivity contribution is 0.0478. The van der Waals surface area contributed by atoms with E-state index in [4.69, 9.17) is 4.74 Å². The molecular weight excluding hydrogens is 248 g/mol. The molecule has 0 amide bonds. The number of nitrogens with zero attached hydrogens (tertiary/aromatic N) is 1. The maximum atomic E-state index is 5.62. The van der Waals surface area contributed by atoms with Crippen molar-refractivity contribution in [3.63, 3.8) is 0 Å². The Bertz CT molecular complexity index is 414. The molecule has 3 rings (SSSR count). The molecule has 3 nitrogen and oxygen atoms in total. The smallest absolute Gasteiger partial charge is 0.0622 e. The van der Waals surface area contributed by atoms with Crippen molar-refractivity contribution in [2.45, 2.75) is 38.4 Å². The van der Waals surface area contributed by atoms with Crippen LogP contribution in [0.15, 0.2) is 30.3 Å². The molecule has 2 heterocycles. The van der Waals surface area contributed by atoms with E-state index in [-0.39, 0.29) is 0 Å². The quantitative estimate of drug-likeness (QED) is 0.916. The van der Waals surface area contributed by atoms with Gasteiger partial charge in [-0.2, -0.15) is 0 Å². The summed E-state index contributed by atoms with van der Waals surface area (Å²) < 4.78 is 5.62. The molecule has 2 saturated heterocycles. The zero-order valence-electron chi connectivity index (χ0n) is 12.6. The van der Waals surface area contributed by atoms with Crippen LogP contribution in [0.3, 0.4) is 0 Å². The average Bonchev–Trinajstić information content (AvgIpc) is 3.01. The lowest BCUT2D eigenvalue weighted by Gasteiger charge is -2.45. The van der Waals surface area contributed by atoms with Gasteiger partial charge in [-0.1, -0.05) is 44.2 Å². The summed E-state index contributed by atoms with van der Waals surface area (Å²) in [5.74, 6) is 0.680. The van der Waals surface area contributed by atoms with E-state index in [1.165, 1.54) is 12.0 Å². The first kappa shape index (κ1) is 14.1. The van der Waals surface area contributed by atoms with Gasteiger partial charge in [0.1, 0.15) is 0 Å². The van der Waals surface area contributed by atoms with E-state index in [9.17, 15) is 0 Å². The van der Waals surface area contributed by atoms with Gasteiger partial charge >= 0.3 is 0 Å². The standard InChI is InChI=1S/C17H26N2O/c1-13(2)17-10-18-16(14-6-4-3-5-7-14)11-19(17)15-8-9-20-12-15/h3-7,13,15-18H,8-12H2,1-2H3. The fourth-order valence-corrected chi connectivity index (χ4v) is 3.52. The number of hydrogen-bond donors (Lipinski definition) is 1. The summed E-state index contributed by atoms with van der Waals surface area (Å²) >= 11 is 0. The number of piperazine rings is 1. The van der Waals surface area contributed by atoms with Crippen LogP contribution in [-0.4, -0.2) is 43.3 Å². The average molecular weight is 274 g/mol. The second-order valence-corrected chi connectivity index (χ2v) is 6.40. The molecular formula is C17H26N2O. The van der Waals surface area contributed by atoms with Crippen molar-refractivity contribution >= 4 is 0 Å². The molecule has 0 spiro atoms. The van der Waals surface area contributed by atoms with Gasteiger partial charge in [0.25, 0.3) is 0 Å². The van der Waals surface area contributed by atoms with Gasteiger partial charge in [-0.3, -0.25) is 4.90 Å². The first-order valence-electron chi connectivity index (χ1n) is 7.87. The lowest BCUT2D eigenvalue weighted by atomic mass is 9.93. The van der Waals surface area contributed by atoms with Gasteiger partial charge in [-0.25, -0.2) is 0 Å². The molecule has 0 radical (unpaired) electrons. The van der Waals surface area contributed by atoms with Gasteiger partial charge in [0, 0.05) is 37.8 Å². The summed E-state index contributed by atoms with van der Waals surface area (Å²) in [6, 6.07) is 12.5. The lowest BCUT2D eigenvalue weighted by Crippen LogP contribution is -2.58. The van der Waals surface area contributed by atoms with Crippen LogP contribution in [-0.2, 0) is 4.74 Å². The summed E-state index contributed by atoms with van der Waals surface area (Å²) in [5, 5.41) is 3.74. The number of hydrogen-bond acceptors (Lipinski definition) is 3. The Morgan fingerprint density at radius 2 is 2.05 bits per heavy atom. The monoisotopic (exact) mass is 274 g/mol. The predicted molar refractivity (Wildman–Crippen MR) is 81.7 cm³/mol. The first-order chi connectivity index (χ1) is 9.75. The van der Waals surface area contributed by atoms with Gasteiger partial charge in [0.05, 0.1) is 6.61 Å². The minimum Gasteiger partial charge on any atom is -0.380 e. The van der Waals surface area contributed by atoms with Gasteiger partial charge < -0.3 is 10.1 Å². The molecule has 3 heteroatoms. The van der Waals surface area contributed by atoms with Crippen LogP contribution < -0.4 is 5.32 Å². The van der Waals surface area contributed by atoms with E-state index >= 15 is 0 Å². The molecule has 0 aromatic heterocycles. The number of ether oxygens (including phenoxy) is 1. The van der Waals surface area contributed by atoms with E-state index in [0.717, 1.165) is 26.3 Å². The number of rotatable bonds is 3. The third kappa shape index (κ3) is 2.90. The molecule has 0 saturated carbocycles. The number of benzene rings is 1. The Hall–Kier alpha value is -0.900. The summed E-state index contributed by atoms with van der Waals surface area (Å²) in [6.45, 7) is 8.67. The molecule has 0 aliphatic carbocycles. The molecule has 20 heavy (non-hydrogen) atoms. The second kappa shape index (κ2) is 6.25. The maximum absolute atomic E-state index is 5.62. The van der Waals surface area contributed by atoms with Crippen LogP contribution in [0.25, 0.3) is 0 Å². The summed E-state index contributed by atoms with van der Waals surface area (Å²) in [4.78, 5) is 2.70. The topological polar surface area (TPSA) is 24.5 Å². The summed E-state index contributed by atoms with van der Waals surface area (Å²) in [6.07, 6.45) is 1.19. The van der Waals surface area contributed by atoms with Crippen molar-refractivity contribution in [2.24, 2.45) is 5.92 Å². The fraction of sp³-hybridized carbons (Fsp3) is 0.647. The highest BCUT2D eigenvalue weighted by Crippen LogP contribution is 2.27. The summed E-state index contributed by atoms with van der Waals surface area (Å²) in [7, 11) is 0. The van der Waals surface area contributed by atoms with Gasteiger partial charge in [0.2, 0.25) is 0 Å². The van der Waals surface area contributed by atoms with Crippen molar-refractivity contribution in [3.8, 4) is 0 Å². The fourth-order valence-electron chi connectivity index (χ4n) is 3.52.